The van der Waals surface area contributed by atoms with Crippen LogP contribution in [-0.2, 0) is 11.2 Å². The first-order chi connectivity index (χ1) is 18.7. The van der Waals surface area contributed by atoms with Gasteiger partial charge in [0.1, 0.15) is 23.7 Å². The maximum Gasteiger partial charge on any atom is 0.251 e. The van der Waals surface area contributed by atoms with Crippen LogP contribution in [0.3, 0.4) is 0 Å². The fourth-order valence-corrected chi connectivity index (χ4v) is 6.46. The summed E-state index contributed by atoms with van der Waals surface area (Å²) in [5.74, 6) is 1.15. The molecule has 2 amide bonds. The molecule has 5 heterocycles. The second kappa shape index (κ2) is 9.55. The highest BCUT2D eigenvalue weighted by atomic mass is 16.5. The molecule has 0 radical (unpaired) electrons. The number of guanidine groups is 1. The Morgan fingerprint density at radius 3 is 2.72 bits per heavy atom. The monoisotopic (exact) mass is 532 g/mol. The molecule has 0 unspecified atom stereocenters. The molecule has 2 aromatic rings. The van der Waals surface area contributed by atoms with E-state index in [0.29, 0.717) is 36.5 Å². The topological polar surface area (TPSA) is 126 Å². The van der Waals surface area contributed by atoms with Gasteiger partial charge < -0.3 is 25.6 Å². The predicted molar refractivity (Wildman–Crippen MR) is 146 cm³/mol. The summed E-state index contributed by atoms with van der Waals surface area (Å²) in [5.41, 5.74) is 7.73. The number of fused-ring (bicyclic) bond motifs is 5. The van der Waals surface area contributed by atoms with Gasteiger partial charge in [0.05, 0.1) is 30.7 Å². The van der Waals surface area contributed by atoms with Crippen molar-refractivity contribution in [1.29, 1.82) is 0 Å². The second-order valence-corrected chi connectivity index (χ2v) is 11.5. The van der Waals surface area contributed by atoms with Gasteiger partial charge in [-0.1, -0.05) is 19.4 Å². The van der Waals surface area contributed by atoms with E-state index >= 15 is 0 Å². The average Bonchev–Trinajstić information content (AvgIpc) is 2.91. The van der Waals surface area contributed by atoms with E-state index in [4.69, 9.17) is 20.2 Å². The third kappa shape index (κ3) is 4.52. The van der Waals surface area contributed by atoms with Crippen molar-refractivity contribution >= 4 is 17.8 Å². The van der Waals surface area contributed by atoms with E-state index in [1.165, 1.54) is 0 Å². The highest BCUT2D eigenvalue weighted by Crippen LogP contribution is 2.42. The minimum absolute atomic E-state index is 0.0448. The van der Waals surface area contributed by atoms with Crippen LogP contribution < -0.4 is 20.5 Å². The third-order valence-electron chi connectivity index (χ3n) is 8.76. The maximum absolute atomic E-state index is 13.6. The Labute approximate surface area is 228 Å². The number of aliphatic hydroxyl groups is 1. The number of ether oxygens (including phenoxy) is 2. The largest absolute Gasteiger partial charge is 0.493 e. The number of hydrogen-bond donors (Lipinski definition) is 3. The van der Waals surface area contributed by atoms with Crippen LogP contribution >= 0.6 is 0 Å². The van der Waals surface area contributed by atoms with Crippen molar-refractivity contribution in [3.05, 3.63) is 58.7 Å². The first-order valence-electron chi connectivity index (χ1n) is 13.9. The van der Waals surface area contributed by atoms with Gasteiger partial charge in [0.25, 0.3) is 5.91 Å². The van der Waals surface area contributed by atoms with Gasteiger partial charge in [0, 0.05) is 23.1 Å². The molecule has 4 N–H and O–H groups in total. The number of nitrogens with two attached hydrogens (primary N) is 1. The van der Waals surface area contributed by atoms with E-state index in [-0.39, 0.29) is 30.4 Å². The zero-order valence-electron chi connectivity index (χ0n) is 22.5. The van der Waals surface area contributed by atoms with E-state index in [2.05, 4.69) is 12.2 Å². The number of aliphatic imine (C=N–C) groups is 1. The molecule has 4 atom stereocenters. The van der Waals surface area contributed by atoms with Gasteiger partial charge in [0.15, 0.2) is 5.96 Å². The lowest BCUT2D eigenvalue weighted by Crippen LogP contribution is -2.53. The van der Waals surface area contributed by atoms with Crippen LogP contribution in [0.2, 0.25) is 0 Å². The number of carbonyl (C=O) groups excluding carboxylic acids is 2. The molecular weight excluding hydrogens is 496 g/mol. The SMILES string of the molecule is CC[C@@]12CCCCc3ccc4c(c3)[C@@H](NC(=O)c3ccc5c(c3)[C@@H](CCO5)N(C(=O)C1)C(N)=N2)[C@](C)(O)CO4. The summed E-state index contributed by atoms with van der Waals surface area (Å²) in [5, 5.41) is 14.3. The number of aryl methyl sites for hydroxylation is 1. The van der Waals surface area contributed by atoms with Crippen molar-refractivity contribution in [2.75, 3.05) is 13.2 Å². The zero-order chi connectivity index (χ0) is 27.4. The Bertz CT molecular complexity index is 1350. The number of hydrogen-bond acceptors (Lipinski definition) is 7. The van der Waals surface area contributed by atoms with E-state index in [0.717, 1.165) is 48.8 Å². The molecule has 5 aliphatic rings. The van der Waals surface area contributed by atoms with Gasteiger partial charge in [-0.2, -0.15) is 0 Å². The van der Waals surface area contributed by atoms with Crippen molar-refractivity contribution in [3.63, 3.8) is 0 Å². The van der Waals surface area contributed by atoms with E-state index in [1.54, 1.807) is 30.0 Å². The quantitative estimate of drug-likeness (QED) is 0.516. The minimum atomic E-state index is -1.29. The summed E-state index contributed by atoms with van der Waals surface area (Å²) < 4.78 is 11.8. The molecule has 5 aliphatic heterocycles. The Kier molecular flexibility index (Phi) is 6.29. The Morgan fingerprint density at radius 2 is 1.92 bits per heavy atom. The summed E-state index contributed by atoms with van der Waals surface area (Å²) in [6.45, 7) is 4.25. The molecule has 0 aliphatic carbocycles. The lowest BCUT2D eigenvalue weighted by Gasteiger charge is -2.42. The highest BCUT2D eigenvalue weighted by molar-refractivity contribution is 6.00. The molecular formula is C30H36N4O5. The average molecular weight is 533 g/mol. The first kappa shape index (κ1) is 25.7. The van der Waals surface area contributed by atoms with Gasteiger partial charge >= 0.3 is 0 Å². The van der Waals surface area contributed by atoms with Crippen molar-refractivity contribution in [2.45, 2.75) is 82.0 Å². The van der Waals surface area contributed by atoms with E-state index in [9.17, 15) is 14.7 Å². The predicted octanol–water partition coefficient (Wildman–Crippen LogP) is 3.55. The van der Waals surface area contributed by atoms with Crippen molar-refractivity contribution in [1.82, 2.24) is 10.2 Å². The smallest absolute Gasteiger partial charge is 0.251 e. The molecule has 9 nitrogen and oxygen atoms in total. The molecule has 0 spiro atoms. The summed E-state index contributed by atoms with van der Waals surface area (Å²) in [6, 6.07) is 10.2. The summed E-state index contributed by atoms with van der Waals surface area (Å²) in [6.07, 6.45) is 4.99. The molecule has 206 valence electrons. The molecule has 0 fully saturated rings. The number of benzene rings is 2. The fourth-order valence-electron chi connectivity index (χ4n) is 6.46. The zero-order valence-corrected chi connectivity index (χ0v) is 22.5. The van der Waals surface area contributed by atoms with Crippen LogP contribution in [0.25, 0.3) is 0 Å². The van der Waals surface area contributed by atoms with Gasteiger partial charge in [-0.15, -0.1) is 0 Å². The van der Waals surface area contributed by atoms with E-state index in [1.807, 2.05) is 18.2 Å². The molecule has 7 rings (SSSR count). The van der Waals surface area contributed by atoms with Crippen LogP contribution in [-0.4, -0.2) is 52.1 Å². The van der Waals surface area contributed by atoms with Gasteiger partial charge in [-0.05, 0) is 68.5 Å². The molecule has 2 aromatic carbocycles. The van der Waals surface area contributed by atoms with Crippen LogP contribution in [0.15, 0.2) is 41.4 Å². The number of nitrogens with zero attached hydrogens (tertiary/aromatic N) is 2. The number of nitrogens with one attached hydrogen (secondary N) is 1. The van der Waals surface area contributed by atoms with E-state index < -0.39 is 17.2 Å². The lowest BCUT2D eigenvalue weighted by atomic mass is 9.83. The normalized spacial score (nSPS) is 30.3. The molecule has 6 bridgehead atoms. The fraction of sp³-hybridized carbons (Fsp3) is 0.500. The summed E-state index contributed by atoms with van der Waals surface area (Å²) in [7, 11) is 0. The number of carbonyl (C=O) groups is 2. The molecule has 9 heteroatoms. The van der Waals surface area contributed by atoms with Crippen LogP contribution in [0.4, 0.5) is 0 Å². The lowest BCUT2D eigenvalue weighted by molar-refractivity contribution is -0.132. The molecule has 0 saturated carbocycles. The number of amides is 2. The van der Waals surface area contributed by atoms with Crippen LogP contribution in [0.5, 0.6) is 11.5 Å². The molecule has 39 heavy (non-hydrogen) atoms. The summed E-state index contributed by atoms with van der Waals surface area (Å²) in [4.78, 5) is 33.8. The van der Waals surface area contributed by atoms with Crippen molar-refractivity contribution < 1.29 is 24.2 Å². The van der Waals surface area contributed by atoms with Gasteiger partial charge in [0.2, 0.25) is 5.91 Å². The van der Waals surface area contributed by atoms with Crippen LogP contribution in [0.1, 0.15) is 91.5 Å². The Balaban J connectivity index is 1.45. The minimum Gasteiger partial charge on any atom is -0.493 e. The number of rotatable bonds is 1. The summed E-state index contributed by atoms with van der Waals surface area (Å²) >= 11 is 0. The van der Waals surface area contributed by atoms with Crippen molar-refractivity contribution in [3.8, 4) is 11.5 Å². The first-order valence-corrected chi connectivity index (χ1v) is 13.9. The Hall–Kier alpha value is -3.59. The van der Waals surface area contributed by atoms with Gasteiger partial charge in [-0.3, -0.25) is 14.5 Å². The maximum atomic E-state index is 13.6. The van der Waals surface area contributed by atoms with Crippen molar-refractivity contribution in [2.24, 2.45) is 10.7 Å². The highest BCUT2D eigenvalue weighted by Gasteiger charge is 2.43. The third-order valence-corrected chi connectivity index (χ3v) is 8.76. The standard InChI is InChI=1S/C30H36N4O5/c1-3-30-12-5-4-6-18-7-9-24-21(14-18)26(29(2,37)17-39-24)32-27(36)19-8-10-23-20(15-19)22(11-13-38-23)34(25(35)16-30)28(31)33-30/h7-10,14-15,22,26,37H,3-6,11-13,16-17H2,1-2H3,(H2,31,33)(H,32,36)/t22-,26-,29-,30-/m1/s1. The van der Waals surface area contributed by atoms with Gasteiger partial charge in [-0.25, -0.2) is 4.99 Å². The Morgan fingerprint density at radius 1 is 1.13 bits per heavy atom. The van der Waals surface area contributed by atoms with Crippen LogP contribution in [0, 0.1) is 0 Å². The second-order valence-electron chi connectivity index (χ2n) is 11.5. The molecule has 0 aromatic heterocycles. The molecule has 0 saturated heterocycles.